The minimum atomic E-state index is -1.65. The highest BCUT2D eigenvalue weighted by molar-refractivity contribution is 6.04. The molecule has 9 nitrogen and oxygen atoms in total. The summed E-state index contributed by atoms with van der Waals surface area (Å²) in [6, 6.07) is 13.5. The first-order valence-corrected chi connectivity index (χ1v) is 11.7. The Morgan fingerprint density at radius 1 is 0.971 bits per heavy atom. The number of hydrogen-bond donors (Lipinski definition) is 3. The fraction of sp³-hybridized carbons (Fsp3) is 0.385. The zero-order valence-electron chi connectivity index (χ0n) is 19.4. The fourth-order valence-corrected chi connectivity index (χ4v) is 4.91. The van der Waals surface area contributed by atoms with Gasteiger partial charge in [0.15, 0.2) is 0 Å². The standard InChI is InChI=1S/C26H28N2O7/c1-2-34-25(32)22(23(29)27-21-13-7-12-19(21)24(30)31)28-26(33)35-14-20-17-10-5-3-8-15(17)16-9-4-6-11-18(16)20/h3-6,8-11,19-22H,2,7,12-14H2,1H3,(H,27,29)(H,28,33)(H,30,31)/t19-,21+,22?/m1/s1. The summed E-state index contributed by atoms with van der Waals surface area (Å²) in [7, 11) is 0. The topological polar surface area (TPSA) is 131 Å². The van der Waals surface area contributed by atoms with Gasteiger partial charge in [0.05, 0.1) is 12.5 Å². The van der Waals surface area contributed by atoms with Crippen molar-refractivity contribution in [1.82, 2.24) is 10.6 Å². The highest BCUT2D eigenvalue weighted by atomic mass is 16.6. The highest BCUT2D eigenvalue weighted by Crippen LogP contribution is 2.44. The Bertz CT molecular complexity index is 1090. The minimum Gasteiger partial charge on any atom is -0.481 e. The molecular formula is C26H28N2O7. The van der Waals surface area contributed by atoms with E-state index in [1.165, 1.54) is 0 Å². The van der Waals surface area contributed by atoms with Gasteiger partial charge in [-0.25, -0.2) is 9.59 Å². The molecule has 3 N–H and O–H groups in total. The number of fused-ring (bicyclic) bond motifs is 3. The third kappa shape index (κ3) is 5.13. The number of esters is 1. The second-order valence-corrected chi connectivity index (χ2v) is 8.65. The van der Waals surface area contributed by atoms with E-state index < -0.39 is 41.9 Å². The lowest BCUT2D eigenvalue weighted by atomic mass is 9.98. The maximum Gasteiger partial charge on any atom is 0.408 e. The molecule has 0 bridgehead atoms. The van der Waals surface area contributed by atoms with Gasteiger partial charge in [-0.1, -0.05) is 55.0 Å². The number of carbonyl (C=O) groups excluding carboxylic acids is 3. The molecule has 9 heteroatoms. The van der Waals surface area contributed by atoms with Crippen LogP contribution in [0, 0.1) is 5.92 Å². The summed E-state index contributed by atoms with van der Waals surface area (Å²) in [5, 5.41) is 14.2. The number of alkyl carbamates (subject to hydrolysis) is 1. The van der Waals surface area contributed by atoms with Crippen LogP contribution in [0.25, 0.3) is 11.1 Å². The first kappa shape index (κ1) is 24.3. The maximum absolute atomic E-state index is 12.8. The molecule has 2 aliphatic carbocycles. The van der Waals surface area contributed by atoms with Gasteiger partial charge >= 0.3 is 18.0 Å². The molecule has 0 saturated heterocycles. The predicted octanol–water partition coefficient (Wildman–Crippen LogP) is 2.83. The van der Waals surface area contributed by atoms with Crippen molar-refractivity contribution in [1.29, 1.82) is 0 Å². The summed E-state index contributed by atoms with van der Waals surface area (Å²) in [6.45, 7) is 1.61. The molecule has 1 fully saturated rings. The SMILES string of the molecule is CCOC(=O)C(NC(=O)OCC1c2ccccc2-c2ccccc21)C(=O)N[C@H]1CCC[C@H]1C(=O)O. The minimum absolute atomic E-state index is 0.0101. The number of carbonyl (C=O) groups is 4. The van der Waals surface area contributed by atoms with Crippen LogP contribution < -0.4 is 10.6 Å². The molecule has 0 aromatic heterocycles. The molecule has 2 amide bonds. The van der Waals surface area contributed by atoms with Crippen molar-refractivity contribution in [2.75, 3.05) is 13.2 Å². The number of nitrogens with one attached hydrogen (secondary N) is 2. The molecule has 4 rings (SSSR count). The van der Waals surface area contributed by atoms with E-state index in [4.69, 9.17) is 9.47 Å². The predicted molar refractivity (Wildman–Crippen MR) is 126 cm³/mol. The van der Waals surface area contributed by atoms with Crippen molar-refractivity contribution in [2.24, 2.45) is 5.92 Å². The van der Waals surface area contributed by atoms with Gasteiger partial charge in [-0.3, -0.25) is 14.9 Å². The van der Waals surface area contributed by atoms with Crippen LogP contribution in [0.5, 0.6) is 0 Å². The average Bonchev–Trinajstić information content (AvgIpc) is 3.44. The van der Waals surface area contributed by atoms with Gasteiger partial charge in [0.2, 0.25) is 6.04 Å². The Labute approximate surface area is 202 Å². The van der Waals surface area contributed by atoms with E-state index in [0.29, 0.717) is 19.3 Å². The zero-order valence-corrected chi connectivity index (χ0v) is 19.4. The van der Waals surface area contributed by atoms with Crippen LogP contribution >= 0.6 is 0 Å². The number of rotatable bonds is 8. The molecule has 0 aliphatic heterocycles. The highest BCUT2D eigenvalue weighted by Gasteiger charge is 2.38. The van der Waals surface area contributed by atoms with Crippen molar-refractivity contribution >= 4 is 23.9 Å². The van der Waals surface area contributed by atoms with E-state index in [-0.39, 0.29) is 19.1 Å². The Morgan fingerprint density at radius 2 is 1.60 bits per heavy atom. The van der Waals surface area contributed by atoms with Crippen LogP contribution in [0.3, 0.4) is 0 Å². The summed E-state index contributed by atoms with van der Waals surface area (Å²) in [5.74, 6) is -3.70. The van der Waals surface area contributed by atoms with Gasteiger partial charge in [-0.2, -0.15) is 0 Å². The number of benzene rings is 2. The molecule has 184 valence electrons. The van der Waals surface area contributed by atoms with Gasteiger partial charge < -0.3 is 19.9 Å². The summed E-state index contributed by atoms with van der Waals surface area (Å²) in [5.41, 5.74) is 4.21. The molecule has 2 aliphatic rings. The van der Waals surface area contributed by atoms with E-state index in [9.17, 15) is 24.3 Å². The normalized spacial score (nSPS) is 19.2. The molecule has 3 atom stereocenters. The second-order valence-electron chi connectivity index (χ2n) is 8.65. The van der Waals surface area contributed by atoms with E-state index in [1.54, 1.807) is 6.92 Å². The molecule has 2 aromatic carbocycles. The van der Waals surface area contributed by atoms with Crippen molar-refractivity contribution in [2.45, 2.75) is 44.2 Å². The van der Waals surface area contributed by atoms with E-state index >= 15 is 0 Å². The van der Waals surface area contributed by atoms with E-state index in [2.05, 4.69) is 10.6 Å². The van der Waals surface area contributed by atoms with Crippen molar-refractivity contribution in [3.8, 4) is 11.1 Å². The van der Waals surface area contributed by atoms with Crippen LogP contribution in [0.2, 0.25) is 0 Å². The number of aliphatic carboxylic acids is 1. The summed E-state index contributed by atoms with van der Waals surface area (Å²) in [6.07, 6.45) is 0.611. The Kier molecular flexibility index (Phi) is 7.33. The third-order valence-electron chi connectivity index (χ3n) is 6.55. The van der Waals surface area contributed by atoms with Gasteiger partial charge in [0, 0.05) is 12.0 Å². The van der Waals surface area contributed by atoms with Gasteiger partial charge in [0.25, 0.3) is 5.91 Å². The van der Waals surface area contributed by atoms with Crippen molar-refractivity contribution < 1.29 is 33.8 Å². The number of carboxylic acids is 1. The number of hydrogen-bond acceptors (Lipinski definition) is 6. The lowest BCUT2D eigenvalue weighted by Gasteiger charge is -2.22. The molecule has 2 aromatic rings. The van der Waals surface area contributed by atoms with Crippen LogP contribution in [0.1, 0.15) is 43.2 Å². The fourth-order valence-electron chi connectivity index (χ4n) is 4.91. The van der Waals surface area contributed by atoms with Crippen molar-refractivity contribution in [3.63, 3.8) is 0 Å². The Balaban J connectivity index is 1.43. The monoisotopic (exact) mass is 480 g/mol. The molecular weight excluding hydrogens is 452 g/mol. The van der Waals surface area contributed by atoms with E-state index in [0.717, 1.165) is 22.3 Å². The first-order valence-electron chi connectivity index (χ1n) is 11.7. The quantitative estimate of drug-likeness (QED) is 0.391. The number of carboxylic acid groups (broad SMARTS) is 1. The van der Waals surface area contributed by atoms with Crippen LogP contribution in [0.4, 0.5) is 4.79 Å². The molecule has 0 heterocycles. The first-order chi connectivity index (χ1) is 16.9. The van der Waals surface area contributed by atoms with E-state index in [1.807, 2.05) is 48.5 Å². The Hall–Kier alpha value is -3.88. The average molecular weight is 481 g/mol. The lowest BCUT2D eigenvalue weighted by molar-refractivity contribution is -0.149. The largest absolute Gasteiger partial charge is 0.481 e. The van der Waals surface area contributed by atoms with Gasteiger partial charge in [0.1, 0.15) is 6.61 Å². The number of ether oxygens (including phenoxy) is 2. The summed E-state index contributed by atoms with van der Waals surface area (Å²) >= 11 is 0. The van der Waals surface area contributed by atoms with Crippen LogP contribution in [-0.2, 0) is 23.9 Å². The molecule has 1 saturated carbocycles. The lowest BCUT2D eigenvalue weighted by Crippen LogP contribution is -2.55. The van der Waals surface area contributed by atoms with Crippen LogP contribution in [-0.4, -0.2) is 54.3 Å². The summed E-state index contributed by atoms with van der Waals surface area (Å²) < 4.78 is 10.4. The third-order valence-corrected chi connectivity index (χ3v) is 6.55. The van der Waals surface area contributed by atoms with Gasteiger partial charge in [-0.15, -0.1) is 0 Å². The Morgan fingerprint density at radius 3 is 2.20 bits per heavy atom. The molecule has 0 spiro atoms. The van der Waals surface area contributed by atoms with Gasteiger partial charge in [-0.05, 0) is 42.0 Å². The second kappa shape index (κ2) is 10.6. The molecule has 35 heavy (non-hydrogen) atoms. The zero-order chi connectivity index (χ0) is 24.9. The smallest absolute Gasteiger partial charge is 0.408 e. The molecule has 0 radical (unpaired) electrons. The molecule has 1 unspecified atom stereocenters. The summed E-state index contributed by atoms with van der Waals surface area (Å²) in [4.78, 5) is 49.3. The van der Waals surface area contributed by atoms with Crippen molar-refractivity contribution in [3.05, 3.63) is 59.7 Å². The maximum atomic E-state index is 12.8. The number of amides is 2. The van der Waals surface area contributed by atoms with Crippen LogP contribution in [0.15, 0.2) is 48.5 Å².